The van der Waals surface area contributed by atoms with Crippen molar-refractivity contribution < 1.29 is 5.11 Å². The topological polar surface area (TPSA) is 45.2 Å². The Morgan fingerprint density at radius 1 is 0.758 bits per heavy atom. The molecule has 0 saturated carbocycles. The number of rotatable bonds is 6. The van der Waals surface area contributed by atoms with Gasteiger partial charge in [0.15, 0.2) is 11.6 Å². The maximum Gasteiger partial charge on any atom is 0.169 e. The van der Waals surface area contributed by atoms with Crippen LogP contribution < -0.4 is 5.32 Å². The van der Waals surface area contributed by atoms with Crippen LogP contribution in [0.4, 0.5) is 5.82 Å². The molecule has 1 aliphatic carbocycles. The number of benzene rings is 3. The van der Waals surface area contributed by atoms with E-state index in [2.05, 4.69) is 40.6 Å². The lowest BCUT2D eigenvalue weighted by atomic mass is 9.75. The number of aromatic nitrogens is 1. The van der Waals surface area contributed by atoms with E-state index in [1.807, 2.05) is 91.0 Å². The van der Waals surface area contributed by atoms with Crippen LogP contribution in [0.15, 0.2) is 133 Å². The molecule has 158 valence electrons. The Bertz CT molecular complexity index is 1280. The number of nitrogens with one attached hydrogen (secondary N) is 1. The van der Waals surface area contributed by atoms with Gasteiger partial charge in [-0.05, 0) is 22.8 Å². The van der Waals surface area contributed by atoms with E-state index in [0.29, 0.717) is 5.82 Å². The maximum absolute atomic E-state index is 11.0. The molecule has 3 heteroatoms. The van der Waals surface area contributed by atoms with Gasteiger partial charge in [0.05, 0.1) is 17.7 Å². The molecule has 3 aromatic carbocycles. The molecule has 3 nitrogen and oxygen atoms in total. The van der Waals surface area contributed by atoms with Gasteiger partial charge >= 0.3 is 0 Å². The normalized spacial score (nSPS) is 12.7. The monoisotopic (exact) mass is 427 g/mol. The molecule has 0 atom stereocenters. The van der Waals surface area contributed by atoms with Gasteiger partial charge < -0.3 is 10.4 Å². The minimum atomic E-state index is -0.767. The fourth-order valence-corrected chi connectivity index (χ4v) is 4.25. The van der Waals surface area contributed by atoms with Gasteiger partial charge in [-0.1, -0.05) is 91.0 Å². The molecule has 1 heterocycles. The van der Waals surface area contributed by atoms with E-state index in [4.69, 9.17) is 0 Å². The Hall–Kier alpha value is -4.46. The summed E-state index contributed by atoms with van der Waals surface area (Å²) in [5.74, 6) is 0.505. The summed E-state index contributed by atoms with van der Waals surface area (Å²) in [4.78, 5) is 4.65. The summed E-state index contributed by atoms with van der Waals surface area (Å²) in [6, 6.07) is 32.1. The van der Waals surface area contributed by atoms with Crippen molar-refractivity contribution in [3.05, 3.63) is 150 Å². The van der Waals surface area contributed by atoms with Crippen molar-refractivity contribution in [3.8, 4) is 16.9 Å². The van der Waals surface area contributed by atoms with Crippen molar-refractivity contribution in [2.75, 3.05) is 5.32 Å². The van der Waals surface area contributed by atoms with Crippen LogP contribution in [0.2, 0.25) is 0 Å². The molecule has 2 N–H and O–H groups in total. The zero-order valence-corrected chi connectivity index (χ0v) is 18.0. The van der Waals surface area contributed by atoms with Crippen LogP contribution >= 0.6 is 0 Å². The van der Waals surface area contributed by atoms with Gasteiger partial charge in [-0.25, -0.2) is 4.98 Å². The number of pyridine rings is 1. The van der Waals surface area contributed by atoms with E-state index in [9.17, 15) is 5.11 Å². The SMILES string of the molecule is Oc1cc(-c2ccccc2)cnc1NC(C1=CC=[C+]C=C1)(c1ccccc1)c1ccccc1. The smallest absolute Gasteiger partial charge is 0.169 e. The molecule has 0 aliphatic heterocycles. The number of nitrogens with zero attached hydrogens (tertiary/aromatic N) is 1. The second kappa shape index (κ2) is 8.96. The molecule has 0 saturated heterocycles. The highest BCUT2D eigenvalue weighted by Gasteiger charge is 2.41. The minimum Gasteiger partial charge on any atom is -0.504 e. The Kier molecular flexibility index (Phi) is 5.55. The molecule has 0 bridgehead atoms. The predicted molar refractivity (Wildman–Crippen MR) is 134 cm³/mol. The molecule has 0 unspecified atom stereocenters. The Morgan fingerprint density at radius 2 is 1.36 bits per heavy atom. The second-order valence-electron chi connectivity index (χ2n) is 7.85. The first-order valence-corrected chi connectivity index (χ1v) is 10.9. The van der Waals surface area contributed by atoms with Crippen LogP contribution in [0.3, 0.4) is 0 Å². The van der Waals surface area contributed by atoms with Crippen LogP contribution in [0.5, 0.6) is 5.75 Å². The highest BCUT2D eigenvalue weighted by molar-refractivity contribution is 5.70. The molecule has 0 radical (unpaired) electrons. The largest absolute Gasteiger partial charge is 0.504 e. The number of hydrogen-bond acceptors (Lipinski definition) is 3. The summed E-state index contributed by atoms with van der Waals surface area (Å²) >= 11 is 0. The zero-order chi connectivity index (χ0) is 22.5. The van der Waals surface area contributed by atoms with Gasteiger partial charge in [0.1, 0.15) is 17.7 Å². The van der Waals surface area contributed by atoms with E-state index >= 15 is 0 Å². The van der Waals surface area contributed by atoms with Gasteiger partial charge in [-0.3, -0.25) is 0 Å². The maximum atomic E-state index is 11.0. The van der Waals surface area contributed by atoms with Crippen LogP contribution in [-0.4, -0.2) is 10.1 Å². The van der Waals surface area contributed by atoms with Crippen molar-refractivity contribution in [2.45, 2.75) is 5.54 Å². The third kappa shape index (κ3) is 3.94. The van der Waals surface area contributed by atoms with E-state index in [0.717, 1.165) is 27.8 Å². The van der Waals surface area contributed by atoms with Gasteiger partial charge in [0.25, 0.3) is 0 Å². The summed E-state index contributed by atoms with van der Waals surface area (Å²) in [6.07, 6.45) is 12.8. The first-order valence-electron chi connectivity index (χ1n) is 10.9. The lowest BCUT2D eigenvalue weighted by Crippen LogP contribution is -2.39. The molecule has 0 spiro atoms. The van der Waals surface area contributed by atoms with Crippen molar-refractivity contribution in [1.82, 2.24) is 4.98 Å². The first-order chi connectivity index (χ1) is 16.3. The van der Waals surface area contributed by atoms with Gasteiger partial charge in [-0.2, -0.15) is 0 Å². The van der Waals surface area contributed by atoms with Crippen LogP contribution in [0.25, 0.3) is 11.1 Å². The third-order valence-electron chi connectivity index (χ3n) is 5.85. The second-order valence-corrected chi connectivity index (χ2v) is 7.85. The van der Waals surface area contributed by atoms with Crippen LogP contribution in [0, 0.1) is 6.08 Å². The Morgan fingerprint density at radius 3 is 1.91 bits per heavy atom. The number of anilines is 1. The van der Waals surface area contributed by atoms with Crippen molar-refractivity contribution in [1.29, 1.82) is 0 Å². The average Bonchev–Trinajstić information content (AvgIpc) is 2.90. The summed E-state index contributed by atoms with van der Waals surface area (Å²) in [7, 11) is 0. The molecule has 0 fully saturated rings. The zero-order valence-electron chi connectivity index (χ0n) is 18.0. The minimum absolute atomic E-state index is 0.0927. The van der Waals surface area contributed by atoms with E-state index in [1.165, 1.54) is 0 Å². The molecule has 33 heavy (non-hydrogen) atoms. The first kappa shape index (κ1) is 20.4. The van der Waals surface area contributed by atoms with E-state index in [-0.39, 0.29) is 5.75 Å². The van der Waals surface area contributed by atoms with Crippen molar-refractivity contribution in [3.63, 3.8) is 0 Å². The lowest BCUT2D eigenvalue weighted by Gasteiger charge is -2.36. The Balaban J connectivity index is 1.68. The van der Waals surface area contributed by atoms with E-state index in [1.54, 1.807) is 12.3 Å². The Labute approximate surface area is 194 Å². The standard InChI is InChI=1S/C30H22N2O/c33-28-21-24(23-13-5-1-6-14-23)22-31-29(28)32-30(25-15-7-2-8-16-25,26-17-9-3-10-18-26)27-19-11-4-12-20-27/h1-3,5-22H,(H-,31,32,33)/p+1. The number of hydrogen-bond donors (Lipinski definition) is 2. The average molecular weight is 428 g/mol. The molecule has 4 aromatic rings. The van der Waals surface area contributed by atoms with Crippen LogP contribution in [-0.2, 0) is 5.54 Å². The summed E-state index contributed by atoms with van der Waals surface area (Å²) in [6.45, 7) is 0. The van der Waals surface area contributed by atoms with E-state index < -0.39 is 5.54 Å². The molecule has 5 rings (SSSR count). The molecular formula is C30H23N2O+. The molecule has 1 aromatic heterocycles. The summed E-state index contributed by atoms with van der Waals surface area (Å²) in [5, 5.41) is 14.6. The number of aromatic hydroxyl groups is 1. The quantitative estimate of drug-likeness (QED) is 0.338. The van der Waals surface area contributed by atoms with Gasteiger partial charge in [0.2, 0.25) is 0 Å². The fourth-order valence-electron chi connectivity index (χ4n) is 4.25. The summed E-state index contributed by atoms with van der Waals surface area (Å²) in [5.41, 5.74) is 4.19. The molecule has 1 aliphatic rings. The van der Waals surface area contributed by atoms with Gasteiger partial charge in [0, 0.05) is 17.8 Å². The highest BCUT2D eigenvalue weighted by Crippen LogP contribution is 2.43. The number of allylic oxidation sites excluding steroid dienone is 4. The van der Waals surface area contributed by atoms with Crippen molar-refractivity contribution in [2.24, 2.45) is 0 Å². The molecule has 0 amide bonds. The lowest BCUT2D eigenvalue weighted by molar-refractivity contribution is 0.473. The highest BCUT2D eigenvalue weighted by atomic mass is 16.3. The summed E-state index contributed by atoms with van der Waals surface area (Å²) < 4.78 is 0. The van der Waals surface area contributed by atoms with Gasteiger partial charge in [-0.15, -0.1) is 0 Å². The fraction of sp³-hybridized carbons (Fsp3) is 0.0333. The predicted octanol–water partition coefficient (Wildman–Crippen LogP) is 6.67. The van der Waals surface area contributed by atoms with Crippen LogP contribution in [0.1, 0.15) is 11.1 Å². The third-order valence-corrected chi connectivity index (χ3v) is 5.85. The molecular weight excluding hydrogens is 404 g/mol. The van der Waals surface area contributed by atoms with Crippen molar-refractivity contribution >= 4 is 5.82 Å².